The lowest BCUT2D eigenvalue weighted by molar-refractivity contribution is -0.151. The molecule has 13 nitrogen and oxygen atoms in total. The minimum absolute atomic E-state index is 0.0848. The van der Waals surface area contributed by atoms with Gasteiger partial charge in [-0.3, -0.25) is 19.2 Å². The van der Waals surface area contributed by atoms with E-state index < -0.39 is 84.0 Å². The Hall–Kier alpha value is -4.56. The monoisotopic (exact) mass is 621 g/mol. The van der Waals surface area contributed by atoms with Crippen LogP contribution < -0.4 is 21.3 Å². The van der Waals surface area contributed by atoms with E-state index >= 15 is 0 Å². The van der Waals surface area contributed by atoms with Gasteiger partial charge in [0.25, 0.3) is 5.91 Å². The zero-order valence-corrected chi connectivity index (χ0v) is 25.1. The zero-order chi connectivity index (χ0) is 32.8. The molecule has 0 aliphatic carbocycles. The summed E-state index contributed by atoms with van der Waals surface area (Å²) >= 11 is 0. The number of esters is 1. The predicted molar refractivity (Wildman–Crippen MR) is 152 cm³/mol. The summed E-state index contributed by atoms with van der Waals surface area (Å²) < 4.78 is 37.8. The van der Waals surface area contributed by atoms with E-state index in [9.17, 15) is 37.5 Å². The molecule has 2 aromatic rings. The molecule has 1 fully saturated rings. The highest BCUT2D eigenvalue weighted by Crippen LogP contribution is 2.21. The van der Waals surface area contributed by atoms with Crippen molar-refractivity contribution in [3.8, 4) is 0 Å². The van der Waals surface area contributed by atoms with Gasteiger partial charge in [0.05, 0.1) is 18.1 Å². The number of fused-ring (bicyclic) bond motifs is 1. The van der Waals surface area contributed by atoms with Gasteiger partial charge < -0.3 is 35.7 Å². The Morgan fingerprint density at radius 3 is 2.39 bits per heavy atom. The minimum Gasteiger partial charge on any atom is -0.456 e. The van der Waals surface area contributed by atoms with Crippen molar-refractivity contribution >= 4 is 46.5 Å². The maximum absolute atomic E-state index is 14.0. The number of aromatic nitrogens is 1. The van der Waals surface area contributed by atoms with Gasteiger partial charge in [-0.1, -0.05) is 13.8 Å². The lowest BCUT2D eigenvalue weighted by Gasteiger charge is -2.25. The molecular weight excluding hydrogens is 584 g/mol. The summed E-state index contributed by atoms with van der Waals surface area (Å²) in [5.74, 6) is -6.22. The first kappa shape index (κ1) is 33.9. The van der Waals surface area contributed by atoms with Gasteiger partial charge in [-0.2, -0.15) is 0 Å². The molecule has 1 aromatic heterocycles. The van der Waals surface area contributed by atoms with E-state index in [2.05, 4.69) is 26.3 Å². The smallest absolute Gasteiger partial charge is 0.408 e. The van der Waals surface area contributed by atoms with Crippen LogP contribution in [0.3, 0.4) is 0 Å². The normalized spacial score (nSPS) is 16.2. The molecule has 240 valence electrons. The van der Waals surface area contributed by atoms with Crippen LogP contribution in [0, 0.1) is 23.5 Å². The molecule has 3 rings (SSSR count). The fourth-order valence-electron chi connectivity index (χ4n) is 4.48. The Balaban J connectivity index is 1.62. The van der Waals surface area contributed by atoms with Gasteiger partial charge in [-0.25, -0.2) is 18.4 Å². The summed E-state index contributed by atoms with van der Waals surface area (Å²) in [6.45, 7) is 7.32. The lowest BCUT2D eigenvalue weighted by Crippen LogP contribution is -2.49. The van der Waals surface area contributed by atoms with Gasteiger partial charge in [0.1, 0.15) is 29.0 Å². The molecule has 1 aliphatic heterocycles. The summed E-state index contributed by atoms with van der Waals surface area (Å²) in [5, 5.41) is 9.98. The van der Waals surface area contributed by atoms with Crippen molar-refractivity contribution in [2.24, 2.45) is 11.8 Å². The molecule has 44 heavy (non-hydrogen) atoms. The number of ether oxygens (including phenoxy) is 2. The third-order valence-electron chi connectivity index (χ3n) is 6.66. The molecule has 1 saturated heterocycles. The molecule has 2 unspecified atom stereocenters. The summed E-state index contributed by atoms with van der Waals surface area (Å²) in [6, 6.07) is 0.542. The van der Waals surface area contributed by atoms with E-state index in [1.807, 2.05) is 0 Å². The number of Topliss-reactive ketones (excluding diaryl/α,β-unsaturated/α-hetero) is 1. The first-order chi connectivity index (χ1) is 20.5. The standard InChI is InChI=1S/C29H37F2N5O8/c1-14(2)23(36-28(42)44-29(3,4)5)27(41)43-13-21(37)19(9-15-6-7-32-25(15)39)34-22(38)12-33-26(40)20-10-16-8-17(30)11-18(31)24(16)35-20/h8,10-11,14-15,19,23,35H,6-7,9,12-13H2,1-5H3,(H,32,39)(H,33,40)(H,34,38)(H,36,42)/t15-,19?,23?/m0/s1. The predicted octanol–water partition coefficient (Wildman–Crippen LogP) is 1.85. The van der Waals surface area contributed by atoms with E-state index in [4.69, 9.17) is 9.47 Å². The van der Waals surface area contributed by atoms with Gasteiger partial charge in [0.2, 0.25) is 11.8 Å². The molecule has 5 N–H and O–H groups in total. The molecule has 4 amide bonds. The van der Waals surface area contributed by atoms with Crippen molar-refractivity contribution in [2.45, 2.75) is 65.1 Å². The highest BCUT2D eigenvalue weighted by atomic mass is 19.1. The van der Waals surface area contributed by atoms with Crippen LogP contribution in [0.1, 0.15) is 57.9 Å². The third kappa shape index (κ3) is 9.47. The highest BCUT2D eigenvalue weighted by Gasteiger charge is 2.33. The Labute approximate surface area is 252 Å². The molecule has 15 heteroatoms. The number of ketones is 1. The van der Waals surface area contributed by atoms with Crippen LogP contribution >= 0.6 is 0 Å². The second kappa shape index (κ2) is 14.3. The van der Waals surface area contributed by atoms with Crippen LogP contribution in [-0.2, 0) is 28.7 Å². The van der Waals surface area contributed by atoms with E-state index in [1.54, 1.807) is 34.6 Å². The molecule has 1 aliphatic rings. The van der Waals surface area contributed by atoms with Crippen LogP contribution in [0.15, 0.2) is 18.2 Å². The van der Waals surface area contributed by atoms with Gasteiger partial charge in [-0.05, 0) is 51.7 Å². The summed E-state index contributed by atoms with van der Waals surface area (Å²) in [7, 11) is 0. The highest BCUT2D eigenvalue weighted by molar-refractivity contribution is 6.00. The second-order valence-corrected chi connectivity index (χ2v) is 11.8. The van der Waals surface area contributed by atoms with E-state index in [-0.39, 0.29) is 28.9 Å². The van der Waals surface area contributed by atoms with Gasteiger partial charge in [-0.15, -0.1) is 0 Å². The van der Waals surface area contributed by atoms with Gasteiger partial charge in [0.15, 0.2) is 12.4 Å². The Morgan fingerprint density at radius 2 is 1.77 bits per heavy atom. The number of aromatic amines is 1. The average Bonchev–Trinajstić information content (AvgIpc) is 3.53. The lowest BCUT2D eigenvalue weighted by atomic mass is 9.96. The average molecular weight is 622 g/mol. The van der Waals surface area contributed by atoms with E-state index in [0.29, 0.717) is 19.0 Å². The maximum atomic E-state index is 14.0. The fourth-order valence-corrected chi connectivity index (χ4v) is 4.48. The number of alkyl carbamates (subject to hydrolysis) is 1. The van der Waals surface area contributed by atoms with E-state index in [0.717, 1.165) is 6.07 Å². The Morgan fingerprint density at radius 1 is 1.07 bits per heavy atom. The van der Waals surface area contributed by atoms with Crippen LogP contribution in [0.2, 0.25) is 0 Å². The first-order valence-electron chi connectivity index (χ1n) is 14.1. The van der Waals surface area contributed by atoms with Crippen LogP contribution in [0.4, 0.5) is 13.6 Å². The topological polar surface area (TPSA) is 185 Å². The number of amides is 4. The van der Waals surface area contributed by atoms with Crippen LogP contribution in [0.5, 0.6) is 0 Å². The molecule has 0 bridgehead atoms. The quantitative estimate of drug-likeness (QED) is 0.222. The minimum atomic E-state index is -1.25. The molecule has 1 aromatic carbocycles. The van der Waals surface area contributed by atoms with Crippen molar-refractivity contribution in [1.29, 1.82) is 0 Å². The summed E-state index contributed by atoms with van der Waals surface area (Å²) in [6.07, 6.45) is -0.510. The number of rotatable bonds is 12. The molecule has 0 spiro atoms. The van der Waals surface area contributed by atoms with Crippen LogP contribution in [0.25, 0.3) is 10.9 Å². The van der Waals surface area contributed by atoms with Crippen molar-refractivity contribution in [2.75, 3.05) is 19.7 Å². The molecule has 2 heterocycles. The number of H-pyrrole nitrogens is 1. The van der Waals surface area contributed by atoms with Crippen molar-refractivity contribution < 1.29 is 47.0 Å². The summed E-state index contributed by atoms with van der Waals surface area (Å²) in [4.78, 5) is 78.0. The Bertz CT molecular complexity index is 1430. The fraction of sp³-hybridized carbons (Fsp3) is 0.517. The molecular formula is C29H37F2N5O8. The first-order valence-corrected chi connectivity index (χ1v) is 14.1. The number of nitrogens with one attached hydrogen (secondary N) is 5. The van der Waals surface area contributed by atoms with Crippen molar-refractivity contribution in [3.63, 3.8) is 0 Å². The largest absolute Gasteiger partial charge is 0.456 e. The number of carbonyl (C=O) groups excluding carboxylic acids is 6. The number of hydrogen-bond acceptors (Lipinski definition) is 8. The number of halogens is 2. The van der Waals surface area contributed by atoms with Gasteiger partial charge in [0, 0.05) is 23.9 Å². The number of benzene rings is 1. The Kier molecular flexibility index (Phi) is 11.0. The third-order valence-corrected chi connectivity index (χ3v) is 6.66. The summed E-state index contributed by atoms with van der Waals surface area (Å²) in [5.41, 5.74) is -1.02. The van der Waals surface area contributed by atoms with Crippen molar-refractivity contribution in [3.05, 3.63) is 35.5 Å². The molecule has 0 saturated carbocycles. The number of hydrogen-bond donors (Lipinski definition) is 5. The second-order valence-electron chi connectivity index (χ2n) is 11.8. The SMILES string of the molecule is CC(C)C(NC(=O)OC(C)(C)C)C(=O)OCC(=O)C(C[C@@H]1CCNC1=O)NC(=O)CNC(=O)c1cc2cc(F)cc(F)c2[nH]1. The van der Waals surface area contributed by atoms with Crippen LogP contribution in [-0.4, -0.2) is 77.9 Å². The molecule has 0 radical (unpaired) electrons. The van der Waals surface area contributed by atoms with Gasteiger partial charge >= 0.3 is 12.1 Å². The molecule has 3 atom stereocenters. The maximum Gasteiger partial charge on any atom is 0.408 e. The van der Waals surface area contributed by atoms with Crippen molar-refractivity contribution in [1.82, 2.24) is 26.3 Å². The number of carbonyl (C=O) groups is 6. The zero-order valence-electron chi connectivity index (χ0n) is 25.1. The van der Waals surface area contributed by atoms with E-state index in [1.165, 1.54) is 6.07 Å².